The summed E-state index contributed by atoms with van der Waals surface area (Å²) in [6, 6.07) is 12.5. The molecule has 2 aliphatic rings. The number of esters is 1. The standard InChI is InChI=1S/C22H25NO3/c1-13-7-10-19-18(11-13)15-5-4-6-16(15)21(23-19)17-9-8-14(22(24)26-3)12-20(17)25-2/h7-12,15-16,21,23H,4-6H2,1-3H3/t15-,16+,21-/m1/s1. The van der Waals surface area contributed by atoms with Gasteiger partial charge in [0, 0.05) is 11.3 Å². The first kappa shape index (κ1) is 17.0. The van der Waals surface area contributed by atoms with Gasteiger partial charge in [-0.2, -0.15) is 0 Å². The first-order valence-electron chi connectivity index (χ1n) is 9.25. The maximum absolute atomic E-state index is 11.9. The predicted molar refractivity (Wildman–Crippen MR) is 102 cm³/mol. The average molecular weight is 351 g/mol. The molecular weight excluding hydrogens is 326 g/mol. The van der Waals surface area contributed by atoms with Crippen molar-refractivity contribution in [2.24, 2.45) is 5.92 Å². The summed E-state index contributed by atoms with van der Waals surface area (Å²) < 4.78 is 10.5. The van der Waals surface area contributed by atoms with Crippen LogP contribution in [0, 0.1) is 12.8 Å². The zero-order valence-electron chi connectivity index (χ0n) is 15.5. The number of nitrogens with one attached hydrogen (secondary N) is 1. The topological polar surface area (TPSA) is 47.6 Å². The maximum atomic E-state index is 11.9. The van der Waals surface area contributed by atoms with Gasteiger partial charge in [0.25, 0.3) is 0 Å². The number of benzene rings is 2. The first-order valence-corrected chi connectivity index (χ1v) is 9.25. The van der Waals surface area contributed by atoms with Crippen molar-refractivity contribution in [3.63, 3.8) is 0 Å². The molecule has 1 heterocycles. The Morgan fingerprint density at radius 1 is 1.08 bits per heavy atom. The molecule has 4 rings (SSSR count). The third kappa shape index (κ3) is 2.74. The molecule has 2 aromatic rings. The van der Waals surface area contributed by atoms with E-state index < -0.39 is 0 Å². The zero-order valence-corrected chi connectivity index (χ0v) is 15.5. The molecule has 0 unspecified atom stereocenters. The fourth-order valence-corrected chi connectivity index (χ4v) is 4.69. The minimum atomic E-state index is -0.342. The van der Waals surface area contributed by atoms with E-state index in [1.807, 2.05) is 12.1 Å². The molecule has 4 nitrogen and oxygen atoms in total. The Labute approximate surface area is 154 Å². The molecule has 0 saturated heterocycles. The highest BCUT2D eigenvalue weighted by Gasteiger charge is 2.41. The number of fused-ring (bicyclic) bond motifs is 3. The SMILES string of the molecule is COC(=O)c1ccc([C@@H]2Nc3ccc(C)cc3[C@@H]3CCC[C@@H]32)c(OC)c1. The summed E-state index contributed by atoms with van der Waals surface area (Å²) >= 11 is 0. The van der Waals surface area contributed by atoms with E-state index in [1.165, 1.54) is 43.2 Å². The Morgan fingerprint density at radius 2 is 1.92 bits per heavy atom. The van der Waals surface area contributed by atoms with Crippen molar-refractivity contribution in [2.75, 3.05) is 19.5 Å². The van der Waals surface area contributed by atoms with Gasteiger partial charge < -0.3 is 14.8 Å². The van der Waals surface area contributed by atoms with E-state index in [-0.39, 0.29) is 12.0 Å². The highest BCUT2D eigenvalue weighted by Crippen LogP contribution is 2.53. The molecule has 0 spiro atoms. The Morgan fingerprint density at radius 3 is 2.69 bits per heavy atom. The Hall–Kier alpha value is -2.49. The lowest BCUT2D eigenvalue weighted by atomic mass is 9.76. The number of aryl methyl sites for hydroxylation is 1. The Bertz CT molecular complexity index is 845. The van der Waals surface area contributed by atoms with Crippen molar-refractivity contribution in [2.45, 2.75) is 38.1 Å². The van der Waals surface area contributed by atoms with Gasteiger partial charge in [0.15, 0.2) is 0 Å². The number of carbonyl (C=O) groups is 1. The van der Waals surface area contributed by atoms with Gasteiger partial charge in [-0.1, -0.05) is 30.2 Å². The monoisotopic (exact) mass is 351 g/mol. The van der Waals surface area contributed by atoms with Crippen molar-refractivity contribution < 1.29 is 14.3 Å². The fraction of sp³-hybridized carbons (Fsp3) is 0.409. The van der Waals surface area contributed by atoms with Crippen LogP contribution in [0.2, 0.25) is 0 Å². The number of rotatable bonds is 3. The van der Waals surface area contributed by atoms with Crippen LogP contribution in [-0.4, -0.2) is 20.2 Å². The third-order valence-electron chi connectivity index (χ3n) is 5.90. The summed E-state index contributed by atoms with van der Waals surface area (Å²) in [6.07, 6.45) is 3.70. The van der Waals surface area contributed by atoms with E-state index in [0.717, 1.165) is 11.3 Å². The molecule has 4 heteroatoms. The lowest BCUT2D eigenvalue weighted by Gasteiger charge is -2.38. The molecule has 136 valence electrons. The van der Waals surface area contributed by atoms with E-state index in [4.69, 9.17) is 9.47 Å². The van der Waals surface area contributed by atoms with E-state index in [0.29, 0.717) is 17.4 Å². The van der Waals surface area contributed by atoms with Crippen LogP contribution in [0.3, 0.4) is 0 Å². The summed E-state index contributed by atoms with van der Waals surface area (Å²) in [4.78, 5) is 11.9. The van der Waals surface area contributed by atoms with Gasteiger partial charge in [-0.3, -0.25) is 0 Å². The van der Waals surface area contributed by atoms with Crippen molar-refractivity contribution in [1.82, 2.24) is 0 Å². The molecule has 1 aliphatic carbocycles. The van der Waals surface area contributed by atoms with Crippen LogP contribution < -0.4 is 10.1 Å². The van der Waals surface area contributed by atoms with Crippen LogP contribution in [0.4, 0.5) is 5.69 Å². The minimum Gasteiger partial charge on any atom is -0.496 e. The lowest BCUT2D eigenvalue weighted by molar-refractivity contribution is 0.0600. The number of hydrogen-bond acceptors (Lipinski definition) is 4. The molecule has 1 N–H and O–H groups in total. The summed E-state index contributed by atoms with van der Waals surface area (Å²) in [5.41, 5.74) is 5.62. The van der Waals surface area contributed by atoms with Crippen molar-refractivity contribution >= 4 is 11.7 Å². The third-order valence-corrected chi connectivity index (χ3v) is 5.90. The second-order valence-corrected chi connectivity index (χ2v) is 7.36. The van der Waals surface area contributed by atoms with Gasteiger partial charge in [-0.05, 0) is 55.4 Å². The normalized spacial score (nSPS) is 23.6. The van der Waals surface area contributed by atoms with Crippen LogP contribution in [0.15, 0.2) is 36.4 Å². The molecule has 0 amide bonds. The zero-order chi connectivity index (χ0) is 18.3. The van der Waals surface area contributed by atoms with Crippen LogP contribution in [0.5, 0.6) is 5.75 Å². The number of carbonyl (C=O) groups excluding carboxylic acids is 1. The largest absolute Gasteiger partial charge is 0.496 e. The van der Waals surface area contributed by atoms with Crippen LogP contribution in [0.25, 0.3) is 0 Å². The fourth-order valence-electron chi connectivity index (χ4n) is 4.69. The van der Waals surface area contributed by atoms with Crippen LogP contribution in [-0.2, 0) is 4.74 Å². The average Bonchev–Trinajstić information content (AvgIpc) is 3.16. The van der Waals surface area contributed by atoms with Gasteiger partial charge >= 0.3 is 5.97 Å². The van der Waals surface area contributed by atoms with Gasteiger partial charge in [-0.15, -0.1) is 0 Å². The van der Waals surface area contributed by atoms with E-state index in [9.17, 15) is 4.79 Å². The second-order valence-electron chi connectivity index (χ2n) is 7.36. The van der Waals surface area contributed by atoms with Gasteiger partial charge in [0.1, 0.15) is 5.75 Å². The van der Waals surface area contributed by atoms with E-state index >= 15 is 0 Å². The lowest BCUT2D eigenvalue weighted by Crippen LogP contribution is -2.29. The van der Waals surface area contributed by atoms with Gasteiger partial charge in [0.05, 0.1) is 25.8 Å². The minimum absolute atomic E-state index is 0.194. The van der Waals surface area contributed by atoms with Crippen LogP contribution >= 0.6 is 0 Å². The number of ether oxygens (including phenoxy) is 2. The van der Waals surface area contributed by atoms with E-state index in [1.54, 1.807) is 13.2 Å². The highest BCUT2D eigenvalue weighted by atomic mass is 16.5. The summed E-state index contributed by atoms with van der Waals surface area (Å²) in [6.45, 7) is 2.16. The van der Waals surface area contributed by atoms with Gasteiger partial charge in [0.2, 0.25) is 0 Å². The smallest absolute Gasteiger partial charge is 0.337 e. The molecule has 0 bridgehead atoms. The summed E-state index contributed by atoms with van der Waals surface area (Å²) in [5, 5.41) is 3.75. The molecule has 0 radical (unpaired) electrons. The maximum Gasteiger partial charge on any atom is 0.337 e. The number of methoxy groups -OCH3 is 2. The Balaban J connectivity index is 1.76. The second kappa shape index (κ2) is 6.67. The molecular formula is C22H25NO3. The summed E-state index contributed by atoms with van der Waals surface area (Å²) in [7, 11) is 3.06. The first-order chi connectivity index (χ1) is 12.6. The van der Waals surface area contributed by atoms with E-state index in [2.05, 4.69) is 30.4 Å². The number of hydrogen-bond donors (Lipinski definition) is 1. The molecule has 1 fully saturated rings. The molecule has 1 aliphatic heterocycles. The van der Waals surface area contributed by atoms with Crippen LogP contribution in [0.1, 0.15) is 58.3 Å². The molecule has 3 atom stereocenters. The number of anilines is 1. The summed E-state index contributed by atoms with van der Waals surface area (Å²) in [5.74, 6) is 1.53. The molecule has 26 heavy (non-hydrogen) atoms. The quantitative estimate of drug-likeness (QED) is 0.804. The van der Waals surface area contributed by atoms with Gasteiger partial charge in [-0.25, -0.2) is 4.79 Å². The molecule has 1 saturated carbocycles. The predicted octanol–water partition coefficient (Wildman–Crippen LogP) is 4.84. The van der Waals surface area contributed by atoms with Crippen molar-refractivity contribution in [3.8, 4) is 5.75 Å². The Kier molecular flexibility index (Phi) is 4.35. The van der Waals surface area contributed by atoms with Crippen molar-refractivity contribution in [1.29, 1.82) is 0 Å². The molecule has 0 aromatic heterocycles. The molecule has 2 aromatic carbocycles. The highest BCUT2D eigenvalue weighted by molar-refractivity contribution is 5.90. The van der Waals surface area contributed by atoms with Crippen molar-refractivity contribution in [3.05, 3.63) is 58.7 Å².